The van der Waals surface area contributed by atoms with Crippen molar-refractivity contribution in [3.8, 4) is 5.75 Å². The summed E-state index contributed by atoms with van der Waals surface area (Å²) in [6.45, 7) is 4.08. The number of nitrogens with zero attached hydrogens (tertiary/aromatic N) is 1. The first kappa shape index (κ1) is 16.2. The summed E-state index contributed by atoms with van der Waals surface area (Å²) in [5, 5.41) is 2.43. The smallest absolute Gasteiger partial charge is 0.126 e. The van der Waals surface area contributed by atoms with E-state index in [2.05, 4.69) is 48.3 Å². The van der Waals surface area contributed by atoms with Crippen molar-refractivity contribution >= 4 is 10.8 Å². The quantitative estimate of drug-likeness (QED) is 0.820. The van der Waals surface area contributed by atoms with Crippen molar-refractivity contribution in [1.82, 2.24) is 4.90 Å². The number of fused-ring (bicyclic) bond motifs is 1. The van der Waals surface area contributed by atoms with Gasteiger partial charge in [0.25, 0.3) is 0 Å². The van der Waals surface area contributed by atoms with Gasteiger partial charge in [0, 0.05) is 18.5 Å². The van der Waals surface area contributed by atoms with Crippen LogP contribution < -0.4 is 4.74 Å². The second-order valence-electron chi connectivity index (χ2n) is 6.07. The highest BCUT2D eigenvalue weighted by Crippen LogP contribution is 2.28. The molecule has 0 aliphatic carbocycles. The zero-order chi connectivity index (χ0) is 16.1. The lowest BCUT2D eigenvalue weighted by Gasteiger charge is -2.25. The standard InChI is InChI=1S/C19H25NO3/c1-20(10-9-16-14-22-11-12-23-16)13-15-7-8-19(21-2)18-6-4-3-5-17(15)18/h3-8,16H,9-14H2,1-2H3. The van der Waals surface area contributed by atoms with Crippen LogP contribution in [0.4, 0.5) is 0 Å². The van der Waals surface area contributed by atoms with Crippen LogP contribution in [0.2, 0.25) is 0 Å². The van der Waals surface area contributed by atoms with Crippen molar-refractivity contribution in [2.75, 3.05) is 40.5 Å². The van der Waals surface area contributed by atoms with Crippen LogP contribution in [-0.4, -0.2) is 51.5 Å². The van der Waals surface area contributed by atoms with Gasteiger partial charge in [-0.05, 0) is 30.5 Å². The van der Waals surface area contributed by atoms with Gasteiger partial charge < -0.3 is 19.1 Å². The van der Waals surface area contributed by atoms with E-state index in [0.29, 0.717) is 0 Å². The van der Waals surface area contributed by atoms with E-state index in [0.717, 1.165) is 45.1 Å². The maximum Gasteiger partial charge on any atom is 0.126 e. The van der Waals surface area contributed by atoms with Gasteiger partial charge in [0.2, 0.25) is 0 Å². The van der Waals surface area contributed by atoms with Crippen LogP contribution in [0.3, 0.4) is 0 Å². The number of rotatable bonds is 6. The fourth-order valence-electron chi connectivity index (χ4n) is 3.09. The molecule has 2 aromatic carbocycles. The molecule has 1 unspecified atom stereocenters. The molecule has 0 spiro atoms. The molecule has 0 N–H and O–H groups in total. The molecule has 1 heterocycles. The first-order valence-electron chi connectivity index (χ1n) is 8.20. The fraction of sp³-hybridized carbons (Fsp3) is 0.474. The first-order chi connectivity index (χ1) is 11.3. The Morgan fingerprint density at radius 1 is 1.13 bits per heavy atom. The van der Waals surface area contributed by atoms with Crippen molar-refractivity contribution in [2.24, 2.45) is 0 Å². The number of ether oxygens (including phenoxy) is 3. The second-order valence-corrected chi connectivity index (χ2v) is 6.07. The van der Waals surface area contributed by atoms with Gasteiger partial charge in [-0.1, -0.05) is 30.3 Å². The van der Waals surface area contributed by atoms with Crippen LogP contribution >= 0.6 is 0 Å². The maximum absolute atomic E-state index is 5.71. The summed E-state index contributed by atoms with van der Waals surface area (Å²) in [6, 6.07) is 12.6. The SMILES string of the molecule is COc1ccc(CN(C)CCC2COCCO2)c2ccccc12. The van der Waals surface area contributed by atoms with Crippen LogP contribution in [0, 0.1) is 0 Å². The van der Waals surface area contributed by atoms with Crippen LogP contribution in [0.1, 0.15) is 12.0 Å². The third-order valence-corrected chi connectivity index (χ3v) is 4.35. The number of methoxy groups -OCH3 is 1. The molecule has 124 valence electrons. The summed E-state index contributed by atoms with van der Waals surface area (Å²) in [5.41, 5.74) is 1.32. The van der Waals surface area contributed by atoms with E-state index in [9.17, 15) is 0 Å². The monoisotopic (exact) mass is 315 g/mol. The average molecular weight is 315 g/mol. The minimum atomic E-state index is 0.235. The lowest BCUT2D eigenvalue weighted by molar-refractivity contribution is -0.0923. The molecule has 0 saturated carbocycles. The second kappa shape index (κ2) is 7.77. The first-order valence-corrected chi connectivity index (χ1v) is 8.20. The third kappa shape index (κ3) is 4.02. The summed E-state index contributed by atoms with van der Waals surface area (Å²) in [4.78, 5) is 2.34. The molecule has 2 aromatic rings. The molecule has 0 radical (unpaired) electrons. The predicted octanol–water partition coefficient (Wildman–Crippen LogP) is 3.09. The topological polar surface area (TPSA) is 30.9 Å². The maximum atomic E-state index is 5.71. The fourth-order valence-corrected chi connectivity index (χ4v) is 3.09. The summed E-state index contributed by atoms with van der Waals surface area (Å²) in [6.07, 6.45) is 1.24. The van der Waals surface area contributed by atoms with Gasteiger partial charge in [0.05, 0.1) is 33.0 Å². The van der Waals surface area contributed by atoms with Crippen molar-refractivity contribution in [3.63, 3.8) is 0 Å². The lowest BCUT2D eigenvalue weighted by Crippen LogP contribution is -2.32. The lowest BCUT2D eigenvalue weighted by atomic mass is 10.0. The Morgan fingerprint density at radius 2 is 1.96 bits per heavy atom. The highest BCUT2D eigenvalue weighted by molar-refractivity contribution is 5.91. The van der Waals surface area contributed by atoms with E-state index >= 15 is 0 Å². The number of hydrogen-bond acceptors (Lipinski definition) is 4. The molecule has 0 amide bonds. The molecule has 4 heteroatoms. The summed E-state index contributed by atoms with van der Waals surface area (Å²) in [5.74, 6) is 0.930. The Kier molecular flexibility index (Phi) is 5.49. The van der Waals surface area contributed by atoms with Gasteiger partial charge in [-0.3, -0.25) is 0 Å². The number of hydrogen-bond donors (Lipinski definition) is 0. The van der Waals surface area contributed by atoms with Crippen LogP contribution in [0.15, 0.2) is 36.4 Å². The predicted molar refractivity (Wildman–Crippen MR) is 92.0 cm³/mol. The van der Waals surface area contributed by atoms with E-state index in [1.165, 1.54) is 16.3 Å². The van der Waals surface area contributed by atoms with E-state index in [4.69, 9.17) is 14.2 Å². The number of benzene rings is 2. The van der Waals surface area contributed by atoms with Gasteiger partial charge in [0.1, 0.15) is 5.75 Å². The van der Waals surface area contributed by atoms with Crippen molar-refractivity contribution < 1.29 is 14.2 Å². The van der Waals surface area contributed by atoms with Gasteiger partial charge >= 0.3 is 0 Å². The van der Waals surface area contributed by atoms with Crippen molar-refractivity contribution in [3.05, 3.63) is 42.0 Å². The molecule has 3 rings (SSSR count). The molecular weight excluding hydrogens is 290 g/mol. The Balaban J connectivity index is 1.66. The summed E-state index contributed by atoms with van der Waals surface area (Å²) >= 11 is 0. The minimum absolute atomic E-state index is 0.235. The average Bonchev–Trinajstić information content (AvgIpc) is 2.61. The summed E-state index contributed by atoms with van der Waals surface area (Å²) < 4.78 is 16.6. The van der Waals surface area contributed by atoms with E-state index in [1.54, 1.807) is 7.11 Å². The van der Waals surface area contributed by atoms with Crippen LogP contribution in [0.25, 0.3) is 10.8 Å². The van der Waals surface area contributed by atoms with E-state index < -0.39 is 0 Å². The van der Waals surface area contributed by atoms with Crippen LogP contribution in [0.5, 0.6) is 5.75 Å². The van der Waals surface area contributed by atoms with Gasteiger partial charge in [-0.25, -0.2) is 0 Å². The minimum Gasteiger partial charge on any atom is -0.496 e. The van der Waals surface area contributed by atoms with Gasteiger partial charge in [-0.15, -0.1) is 0 Å². The molecule has 1 saturated heterocycles. The zero-order valence-corrected chi connectivity index (χ0v) is 14.0. The van der Waals surface area contributed by atoms with E-state index in [1.807, 2.05) is 0 Å². The molecule has 1 fully saturated rings. The third-order valence-electron chi connectivity index (χ3n) is 4.35. The molecule has 23 heavy (non-hydrogen) atoms. The highest BCUT2D eigenvalue weighted by atomic mass is 16.6. The van der Waals surface area contributed by atoms with E-state index in [-0.39, 0.29) is 6.10 Å². The van der Waals surface area contributed by atoms with Crippen molar-refractivity contribution in [1.29, 1.82) is 0 Å². The largest absolute Gasteiger partial charge is 0.496 e. The van der Waals surface area contributed by atoms with Gasteiger partial charge in [0.15, 0.2) is 0 Å². The Hall–Kier alpha value is -1.62. The van der Waals surface area contributed by atoms with Gasteiger partial charge in [-0.2, -0.15) is 0 Å². The van der Waals surface area contributed by atoms with Crippen LogP contribution in [-0.2, 0) is 16.0 Å². The molecule has 1 atom stereocenters. The molecule has 1 aliphatic rings. The Bertz CT molecular complexity index is 638. The molecule has 1 aliphatic heterocycles. The molecule has 0 aromatic heterocycles. The summed E-state index contributed by atoms with van der Waals surface area (Å²) in [7, 11) is 3.88. The highest BCUT2D eigenvalue weighted by Gasteiger charge is 2.15. The Morgan fingerprint density at radius 3 is 2.70 bits per heavy atom. The molecular formula is C19H25NO3. The van der Waals surface area contributed by atoms with Crippen molar-refractivity contribution in [2.45, 2.75) is 19.1 Å². The molecule has 0 bridgehead atoms. The Labute approximate surface area is 137 Å². The molecule has 4 nitrogen and oxygen atoms in total. The zero-order valence-electron chi connectivity index (χ0n) is 14.0. The normalized spacial score (nSPS) is 18.5.